The minimum Gasteiger partial charge on any atom is -0.276 e. The summed E-state index contributed by atoms with van der Waals surface area (Å²) in [6, 6.07) is 19.6. The van der Waals surface area contributed by atoms with E-state index in [1.54, 1.807) is 4.57 Å². The van der Waals surface area contributed by atoms with Crippen molar-refractivity contribution >= 4 is 28.4 Å². The number of benzene rings is 2. The zero-order chi connectivity index (χ0) is 23.7. The Morgan fingerprint density at radius 1 is 1.06 bits per heavy atom. The molecule has 0 radical (unpaired) electrons. The number of para-hydroxylation sites is 2. The van der Waals surface area contributed by atoms with E-state index >= 15 is 0 Å². The van der Waals surface area contributed by atoms with Crippen LogP contribution in [0.1, 0.15) is 36.7 Å². The summed E-state index contributed by atoms with van der Waals surface area (Å²) in [6.07, 6.45) is 1.85. The van der Waals surface area contributed by atoms with Crippen LogP contribution in [0, 0.1) is 18.3 Å². The van der Waals surface area contributed by atoms with Gasteiger partial charge in [0, 0.05) is 12.3 Å². The van der Waals surface area contributed by atoms with Crippen LogP contribution in [0.15, 0.2) is 64.5 Å². The Bertz CT molecular complexity index is 1590. The highest BCUT2D eigenvalue weighted by Crippen LogP contribution is 2.28. The van der Waals surface area contributed by atoms with Crippen molar-refractivity contribution in [3.63, 3.8) is 0 Å². The summed E-state index contributed by atoms with van der Waals surface area (Å²) in [4.78, 5) is 13.2. The number of aromatic nitrogens is 6. The molecule has 0 aliphatic carbocycles. The van der Waals surface area contributed by atoms with Gasteiger partial charge in [0.15, 0.2) is 5.16 Å². The SMILES string of the molecule is CCCCn1c(=O)c2ccccc2n2c(SCc3c(C#N)c(C)nn3-c3ccccc3)nnc12. The highest BCUT2D eigenvalue weighted by atomic mass is 32.2. The summed E-state index contributed by atoms with van der Waals surface area (Å²) in [6.45, 7) is 4.53. The van der Waals surface area contributed by atoms with Crippen molar-refractivity contribution in [2.45, 2.75) is 44.1 Å². The Kier molecular flexibility index (Phi) is 5.90. The molecule has 0 saturated carbocycles. The fourth-order valence-corrected chi connectivity index (χ4v) is 5.05. The zero-order valence-corrected chi connectivity index (χ0v) is 19.8. The van der Waals surface area contributed by atoms with Gasteiger partial charge in [-0.3, -0.25) is 13.8 Å². The number of nitrogens with zero attached hydrogens (tertiary/aromatic N) is 7. The summed E-state index contributed by atoms with van der Waals surface area (Å²) in [5.74, 6) is 1.01. The van der Waals surface area contributed by atoms with Gasteiger partial charge >= 0.3 is 0 Å². The first-order valence-corrected chi connectivity index (χ1v) is 12.2. The zero-order valence-electron chi connectivity index (χ0n) is 19.0. The summed E-state index contributed by atoms with van der Waals surface area (Å²) < 4.78 is 5.47. The van der Waals surface area contributed by atoms with Crippen molar-refractivity contribution in [1.82, 2.24) is 28.9 Å². The molecular weight excluding hydrogens is 446 g/mol. The first-order chi connectivity index (χ1) is 16.6. The van der Waals surface area contributed by atoms with E-state index in [2.05, 4.69) is 28.3 Å². The van der Waals surface area contributed by atoms with E-state index < -0.39 is 0 Å². The van der Waals surface area contributed by atoms with Gasteiger partial charge in [-0.05, 0) is 37.6 Å². The Balaban J connectivity index is 1.61. The third kappa shape index (κ3) is 3.66. The molecule has 2 aromatic carbocycles. The summed E-state index contributed by atoms with van der Waals surface area (Å²) in [5.41, 5.74) is 3.67. The van der Waals surface area contributed by atoms with E-state index in [1.807, 2.05) is 70.6 Å². The van der Waals surface area contributed by atoms with Crippen LogP contribution >= 0.6 is 11.8 Å². The Morgan fingerprint density at radius 2 is 1.82 bits per heavy atom. The molecule has 0 saturated heterocycles. The number of fused-ring (bicyclic) bond motifs is 3. The highest BCUT2D eigenvalue weighted by Gasteiger charge is 2.20. The van der Waals surface area contributed by atoms with Gasteiger partial charge in [-0.2, -0.15) is 10.4 Å². The molecule has 0 aliphatic rings. The Hall–Kier alpha value is -3.90. The third-order valence-corrected chi connectivity index (χ3v) is 6.76. The third-order valence-electron chi connectivity index (χ3n) is 5.82. The van der Waals surface area contributed by atoms with Gasteiger partial charge in [-0.15, -0.1) is 10.2 Å². The molecule has 0 atom stereocenters. The van der Waals surface area contributed by atoms with Crippen molar-refractivity contribution in [3.8, 4) is 11.8 Å². The predicted molar refractivity (Wildman–Crippen MR) is 132 cm³/mol. The molecule has 0 bridgehead atoms. The molecule has 0 spiro atoms. The maximum Gasteiger partial charge on any atom is 0.262 e. The lowest BCUT2D eigenvalue weighted by Crippen LogP contribution is -2.23. The quantitative estimate of drug-likeness (QED) is 0.326. The van der Waals surface area contributed by atoms with Crippen LogP contribution in [0.3, 0.4) is 0 Å². The molecule has 9 heteroatoms. The van der Waals surface area contributed by atoms with Gasteiger partial charge in [-0.25, -0.2) is 4.68 Å². The number of hydrogen-bond donors (Lipinski definition) is 0. The normalized spacial score (nSPS) is 11.3. The number of unbranched alkanes of at least 4 members (excludes halogenated alkanes) is 1. The summed E-state index contributed by atoms with van der Waals surface area (Å²) in [7, 11) is 0. The molecule has 0 unspecified atom stereocenters. The number of thioether (sulfide) groups is 1. The first-order valence-electron chi connectivity index (χ1n) is 11.2. The molecule has 34 heavy (non-hydrogen) atoms. The van der Waals surface area contributed by atoms with E-state index in [1.165, 1.54) is 11.8 Å². The van der Waals surface area contributed by atoms with Crippen LogP contribution in [0.5, 0.6) is 0 Å². The lowest BCUT2D eigenvalue weighted by atomic mass is 10.2. The maximum absolute atomic E-state index is 13.2. The fraction of sp³-hybridized carbons (Fsp3) is 0.240. The molecule has 0 N–H and O–H groups in total. The number of aryl methyl sites for hydroxylation is 2. The van der Waals surface area contributed by atoms with E-state index in [0.717, 1.165) is 29.7 Å². The number of nitriles is 1. The second-order valence-corrected chi connectivity index (χ2v) is 8.94. The van der Waals surface area contributed by atoms with Crippen LogP contribution in [0.25, 0.3) is 22.4 Å². The van der Waals surface area contributed by atoms with Crippen molar-refractivity contribution in [1.29, 1.82) is 5.26 Å². The second kappa shape index (κ2) is 9.15. The molecule has 3 aromatic heterocycles. The van der Waals surface area contributed by atoms with Crippen molar-refractivity contribution in [3.05, 3.63) is 81.9 Å². The van der Waals surface area contributed by atoms with Gasteiger partial charge in [0.25, 0.3) is 5.56 Å². The molecule has 0 aliphatic heterocycles. The largest absolute Gasteiger partial charge is 0.276 e. The van der Waals surface area contributed by atoms with Gasteiger partial charge < -0.3 is 0 Å². The molecular formula is C25H23N7OS. The smallest absolute Gasteiger partial charge is 0.262 e. The lowest BCUT2D eigenvalue weighted by molar-refractivity contribution is 0.620. The van der Waals surface area contributed by atoms with E-state index in [0.29, 0.717) is 39.9 Å². The molecule has 5 rings (SSSR count). The van der Waals surface area contributed by atoms with Crippen molar-refractivity contribution in [2.24, 2.45) is 0 Å². The molecule has 5 aromatic rings. The standard InChI is InChI=1S/C25H23N7OS/c1-3-4-14-30-23(33)19-12-8-9-13-21(19)31-24(30)27-28-25(31)34-16-22-20(15-26)17(2)29-32(22)18-10-6-5-7-11-18/h5-13H,3-4,14,16H2,1-2H3. The van der Waals surface area contributed by atoms with E-state index in [4.69, 9.17) is 0 Å². The van der Waals surface area contributed by atoms with Gasteiger partial charge in [0.1, 0.15) is 6.07 Å². The minimum atomic E-state index is -0.0509. The van der Waals surface area contributed by atoms with E-state index in [9.17, 15) is 10.1 Å². The number of hydrogen-bond acceptors (Lipinski definition) is 6. The van der Waals surface area contributed by atoms with Crippen LogP contribution < -0.4 is 5.56 Å². The second-order valence-electron chi connectivity index (χ2n) is 8.00. The molecule has 3 heterocycles. The van der Waals surface area contributed by atoms with Crippen LogP contribution in [0.4, 0.5) is 0 Å². The van der Waals surface area contributed by atoms with Crippen LogP contribution in [-0.4, -0.2) is 28.9 Å². The molecule has 170 valence electrons. The Morgan fingerprint density at radius 3 is 2.59 bits per heavy atom. The van der Waals surface area contributed by atoms with Gasteiger partial charge in [0.05, 0.1) is 33.5 Å². The van der Waals surface area contributed by atoms with Crippen molar-refractivity contribution < 1.29 is 0 Å². The van der Waals surface area contributed by atoms with Crippen LogP contribution in [0.2, 0.25) is 0 Å². The highest BCUT2D eigenvalue weighted by molar-refractivity contribution is 7.98. The Labute approximate surface area is 200 Å². The predicted octanol–water partition coefficient (Wildman–Crippen LogP) is 4.50. The average molecular weight is 470 g/mol. The van der Waals surface area contributed by atoms with Crippen LogP contribution in [-0.2, 0) is 12.3 Å². The van der Waals surface area contributed by atoms with Gasteiger partial charge in [-0.1, -0.05) is 55.4 Å². The number of rotatable bonds is 7. The summed E-state index contributed by atoms with van der Waals surface area (Å²) in [5, 5.41) is 24.5. The topological polar surface area (TPSA) is 93.8 Å². The average Bonchev–Trinajstić information content (AvgIpc) is 3.43. The fourth-order valence-electron chi connectivity index (χ4n) is 4.11. The van der Waals surface area contributed by atoms with Gasteiger partial charge in [0.2, 0.25) is 5.78 Å². The molecule has 0 fully saturated rings. The minimum absolute atomic E-state index is 0.0509. The summed E-state index contributed by atoms with van der Waals surface area (Å²) >= 11 is 1.48. The van der Waals surface area contributed by atoms with Crippen molar-refractivity contribution in [2.75, 3.05) is 0 Å². The maximum atomic E-state index is 13.2. The lowest BCUT2D eigenvalue weighted by Gasteiger charge is -2.11. The monoisotopic (exact) mass is 469 g/mol. The molecule has 0 amide bonds. The molecule has 8 nitrogen and oxygen atoms in total. The van der Waals surface area contributed by atoms with E-state index in [-0.39, 0.29) is 5.56 Å². The first kappa shape index (κ1) is 21.9.